The third-order valence-electron chi connectivity index (χ3n) is 5.31. The minimum Gasteiger partial charge on any atom is -0.481 e. The van der Waals surface area contributed by atoms with E-state index in [1.807, 2.05) is 0 Å². The molecule has 0 bridgehead atoms. The van der Waals surface area contributed by atoms with Gasteiger partial charge in [0.1, 0.15) is 0 Å². The fourth-order valence-corrected chi connectivity index (χ4v) is 3.84. The highest BCUT2D eigenvalue weighted by molar-refractivity contribution is 5.84. The van der Waals surface area contributed by atoms with Gasteiger partial charge in [-0.25, -0.2) is 0 Å². The first-order chi connectivity index (χ1) is 10.1. The van der Waals surface area contributed by atoms with Crippen molar-refractivity contribution in [2.75, 3.05) is 13.2 Å². The summed E-state index contributed by atoms with van der Waals surface area (Å²) in [6.07, 6.45) is 8.34. The lowest BCUT2D eigenvalue weighted by Crippen LogP contribution is -2.46. The van der Waals surface area contributed by atoms with Crippen molar-refractivity contribution in [3.63, 3.8) is 0 Å². The fourth-order valence-electron chi connectivity index (χ4n) is 3.84. The van der Waals surface area contributed by atoms with Crippen LogP contribution in [0.25, 0.3) is 0 Å². The first kappa shape index (κ1) is 16.3. The van der Waals surface area contributed by atoms with Crippen LogP contribution in [-0.2, 0) is 9.59 Å². The third-order valence-corrected chi connectivity index (χ3v) is 5.31. The van der Waals surface area contributed by atoms with E-state index in [0.717, 1.165) is 38.5 Å². The van der Waals surface area contributed by atoms with Gasteiger partial charge in [-0.2, -0.15) is 0 Å². The molecule has 0 aromatic rings. The predicted molar refractivity (Wildman–Crippen MR) is 78.7 cm³/mol. The number of carboxylic acid groups (broad SMARTS) is 1. The molecule has 2 atom stereocenters. The zero-order valence-corrected chi connectivity index (χ0v) is 12.6. The molecule has 2 aliphatic carbocycles. The first-order valence-corrected chi connectivity index (χ1v) is 8.19. The number of hydrogen-bond donors (Lipinski definition) is 3. The van der Waals surface area contributed by atoms with Crippen LogP contribution < -0.4 is 5.32 Å². The summed E-state index contributed by atoms with van der Waals surface area (Å²) < 4.78 is 0. The summed E-state index contributed by atoms with van der Waals surface area (Å²) in [5.74, 6) is -1.95. The molecule has 21 heavy (non-hydrogen) atoms. The number of amides is 1. The maximum absolute atomic E-state index is 12.4. The standard InChI is InChI=1S/C16H27NO4/c18-11-16(8-4-1-5-9-16)10-17-14(19)12-6-2-3-7-13(12)15(20)21/h12-13,18H,1-11H2,(H,17,19)(H,20,21). The summed E-state index contributed by atoms with van der Waals surface area (Å²) in [6, 6.07) is 0. The Morgan fingerprint density at radius 1 is 1.00 bits per heavy atom. The van der Waals surface area contributed by atoms with Gasteiger partial charge in [0.2, 0.25) is 5.91 Å². The molecule has 0 spiro atoms. The number of nitrogens with one attached hydrogen (secondary N) is 1. The van der Waals surface area contributed by atoms with Gasteiger partial charge in [0, 0.05) is 12.0 Å². The number of aliphatic carboxylic acids is 1. The van der Waals surface area contributed by atoms with Crippen molar-refractivity contribution >= 4 is 11.9 Å². The first-order valence-electron chi connectivity index (χ1n) is 8.19. The second-order valence-electron chi connectivity index (χ2n) is 6.77. The molecule has 2 aliphatic rings. The summed E-state index contributed by atoms with van der Waals surface area (Å²) in [4.78, 5) is 23.6. The van der Waals surface area contributed by atoms with Crippen LogP contribution in [0.15, 0.2) is 0 Å². The van der Waals surface area contributed by atoms with Crippen molar-refractivity contribution in [3.8, 4) is 0 Å². The molecule has 1 amide bonds. The Kier molecular flexibility index (Phi) is 5.62. The van der Waals surface area contributed by atoms with E-state index in [2.05, 4.69) is 5.32 Å². The number of aliphatic hydroxyl groups is 1. The van der Waals surface area contributed by atoms with Gasteiger partial charge in [0.15, 0.2) is 0 Å². The maximum atomic E-state index is 12.4. The van der Waals surface area contributed by atoms with Crippen LogP contribution in [-0.4, -0.2) is 35.2 Å². The van der Waals surface area contributed by atoms with E-state index in [4.69, 9.17) is 0 Å². The predicted octanol–water partition coefficient (Wildman–Crippen LogP) is 1.94. The number of aliphatic hydroxyl groups excluding tert-OH is 1. The molecule has 2 unspecified atom stereocenters. The molecule has 3 N–H and O–H groups in total. The second-order valence-corrected chi connectivity index (χ2v) is 6.77. The number of carboxylic acids is 1. The fraction of sp³-hybridized carbons (Fsp3) is 0.875. The topological polar surface area (TPSA) is 86.6 Å². The van der Waals surface area contributed by atoms with Crippen molar-refractivity contribution in [2.24, 2.45) is 17.3 Å². The Hall–Kier alpha value is -1.10. The lowest BCUT2D eigenvalue weighted by molar-refractivity contribution is -0.149. The zero-order chi connectivity index (χ0) is 15.3. The van der Waals surface area contributed by atoms with Crippen molar-refractivity contribution in [1.29, 1.82) is 0 Å². The minimum atomic E-state index is -0.857. The van der Waals surface area contributed by atoms with Gasteiger partial charge in [-0.15, -0.1) is 0 Å². The summed E-state index contributed by atoms with van der Waals surface area (Å²) in [7, 11) is 0. The summed E-state index contributed by atoms with van der Waals surface area (Å²) in [5, 5.41) is 21.8. The largest absolute Gasteiger partial charge is 0.481 e. The highest BCUT2D eigenvalue weighted by atomic mass is 16.4. The number of hydrogen-bond acceptors (Lipinski definition) is 3. The normalized spacial score (nSPS) is 28.8. The van der Waals surface area contributed by atoms with Crippen LogP contribution in [0.3, 0.4) is 0 Å². The third kappa shape index (κ3) is 3.96. The molecule has 120 valence electrons. The number of rotatable bonds is 5. The van der Waals surface area contributed by atoms with E-state index in [-0.39, 0.29) is 17.9 Å². The Morgan fingerprint density at radius 2 is 1.62 bits per heavy atom. The van der Waals surface area contributed by atoms with Gasteiger partial charge in [-0.05, 0) is 25.7 Å². The lowest BCUT2D eigenvalue weighted by atomic mass is 9.74. The Balaban J connectivity index is 1.92. The molecular weight excluding hydrogens is 270 g/mol. The van der Waals surface area contributed by atoms with Crippen LogP contribution in [0.1, 0.15) is 57.8 Å². The van der Waals surface area contributed by atoms with Crippen LogP contribution >= 0.6 is 0 Å². The zero-order valence-electron chi connectivity index (χ0n) is 12.6. The van der Waals surface area contributed by atoms with E-state index in [9.17, 15) is 19.8 Å². The average molecular weight is 297 g/mol. The van der Waals surface area contributed by atoms with E-state index in [1.54, 1.807) is 0 Å². The minimum absolute atomic E-state index is 0.0975. The van der Waals surface area contributed by atoms with Gasteiger partial charge in [0.25, 0.3) is 0 Å². The van der Waals surface area contributed by atoms with E-state index in [0.29, 0.717) is 19.4 Å². The van der Waals surface area contributed by atoms with Crippen molar-refractivity contribution < 1.29 is 19.8 Å². The molecule has 0 aromatic carbocycles. The molecule has 5 heteroatoms. The Labute approximate surface area is 126 Å². The molecule has 0 radical (unpaired) electrons. The number of carbonyl (C=O) groups is 2. The average Bonchev–Trinajstić information content (AvgIpc) is 2.53. The summed E-state index contributed by atoms with van der Waals surface area (Å²) in [5.41, 5.74) is -0.193. The monoisotopic (exact) mass is 297 g/mol. The maximum Gasteiger partial charge on any atom is 0.307 e. The molecule has 0 aliphatic heterocycles. The molecule has 2 rings (SSSR count). The van der Waals surface area contributed by atoms with Crippen LogP contribution in [0, 0.1) is 17.3 Å². The summed E-state index contributed by atoms with van der Waals surface area (Å²) >= 11 is 0. The second kappa shape index (κ2) is 7.25. The van der Waals surface area contributed by atoms with Crippen LogP contribution in [0.2, 0.25) is 0 Å². The van der Waals surface area contributed by atoms with Gasteiger partial charge in [-0.3, -0.25) is 9.59 Å². The van der Waals surface area contributed by atoms with E-state index >= 15 is 0 Å². The molecule has 2 fully saturated rings. The highest BCUT2D eigenvalue weighted by Crippen LogP contribution is 2.36. The van der Waals surface area contributed by atoms with Crippen molar-refractivity contribution in [1.82, 2.24) is 5.32 Å². The molecule has 2 saturated carbocycles. The number of carbonyl (C=O) groups excluding carboxylic acids is 1. The van der Waals surface area contributed by atoms with E-state index in [1.165, 1.54) is 6.42 Å². The molecule has 0 heterocycles. The van der Waals surface area contributed by atoms with Gasteiger partial charge >= 0.3 is 5.97 Å². The lowest BCUT2D eigenvalue weighted by Gasteiger charge is -2.36. The van der Waals surface area contributed by atoms with Crippen LogP contribution in [0.4, 0.5) is 0 Å². The Morgan fingerprint density at radius 3 is 2.19 bits per heavy atom. The quantitative estimate of drug-likeness (QED) is 0.723. The molecule has 0 aromatic heterocycles. The van der Waals surface area contributed by atoms with Gasteiger partial charge in [-0.1, -0.05) is 32.1 Å². The van der Waals surface area contributed by atoms with Crippen molar-refractivity contribution in [2.45, 2.75) is 57.8 Å². The molecular formula is C16H27NO4. The summed E-state index contributed by atoms with van der Waals surface area (Å²) in [6.45, 7) is 0.575. The molecule has 0 saturated heterocycles. The SMILES string of the molecule is O=C(O)C1CCCCC1C(=O)NCC1(CO)CCCCC1. The Bertz CT molecular complexity index is 376. The van der Waals surface area contributed by atoms with Gasteiger partial charge in [0.05, 0.1) is 18.4 Å². The van der Waals surface area contributed by atoms with Crippen molar-refractivity contribution in [3.05, 3.63) is 0 Å². The molecule has 5 nitrogen and oxygen atoms in total. The van der Waals surface area contributed by atoms with Crippen LogP contribution in [0.5, 0.6) is 0 Å². The van der Waals surface area contributed by atoms with E-state index < -0.39 is 17.8 Å². The van der Waals surface area contributed by atoms with Gasteiger partial charge < -0.3 is 15.5 Å². The highest BCUT2D eigenvalue weighted by Gasteiger charge is 2.37. The smallest absolute Gasteiger partial charge is 0.307 e.